The maximum atomic E-state index is 12.4. The van der Waals surface area contributed by atoms with E-state index in [4.69, 9.17) is 5.26 Å². The number of hydrogen-bond acceptors (Lipinski definition) is 4. The molecule has 0 saturated heterocycles. The number of rotatable bonds is 4. The zero-order chi connectivity index (χ0) is 16.2. The van der Waals surface area contributed by atoms with E-state index in [0.29, 0.717) is 5.56 Å². The second kappa shape index (κ2) is 6.40. The molecule has 0 aliphatic heterocycles. The van der Waals surface area contributed by atoms with Gasteiger partial charge in [0.1, 0.15) is 12.1 Å². The van der Waals surface area contributed by atoms with E-state index in [1.54, 1.807) is 30.3 Å². The van der Waals surface area contributed by atoms with Gasteiger partial charge in [0.05, 0.1) is 16.5 Å². The standard InChI is InChI=1S/C16H13N3O2S/c1-12-6-8-13(9-7-12)15(11-18)19-22(20,21)16-5-3-2-4-14(16)10-17/h2-9,15,19H,1H3. The van der Waals surface area contributed by atoms with Crippen LogP contribution in [0.4, 0.5) is 0 Å². The van der Waals surface area contributed by atoms with Crippen molar-refractivity contribution in [2.24, 2.45) is 0 Å². The summed E-state index contributed by atoms with van der Waals surface area (Å²) in [6.45, 7) is 1.90. The lowest BCUT2D eigenvalue weighted by molar-refractivity contribution is 0.575. The van der Waals surface area contributed by atoms with Crippen molar-refractivity contribution in [2.45, 2.75) is 17.9 Å². The molecule has 0 amide bonds. The first-order valence-electron chi connectivity index (χ1n) is 6.45. The first-order valence-corrected chi connectivity index (χ1v) is 7.94. The van der Waals surface area contributed by atoms with Crippen LogP contribution >= 0.6 is 0 Å². The van der Waals surface area contributed by atoms with Crippen molar-refractivity contribution in [3.05, 3.63) is 65.2 Å². The van der Waals surface area contributed by atoms with Gasteiger partial charge >= 0.3 is 0 Å². The van der Waals surface area contributed by atoms with Crippen LogP contribution in [0.15, 0.2) is 53.4 Å². The fourth-order valence-electron chi connectivity index (χ4n) is 1.94. The lowest BCUT2D eigenvalue weighted by atomic mass is 10.1. The van der Waals surface area contributed by atoms with E-state index in [1.165, 1.54) is 18.2 Å². The zero-order valence-electron chi connectivity index (χ0n) is 11.8. The van der Waals surface area contributed by atoms with Gasteiger partial charge < -0.3 is 0 Å². The molecule has 5 nitrogen and oxygen atoms in total. The molecule has 0 heterocycles. The minimum atomic E-state index is -3.97. The smallest absolute Gasteiger partial charge is 0.207 e. The van der Waals surface area contributed by atoms with Crippen molar-refractivity contribution >= 4 is 10.0 Å². The van der Waals surface area contributed by atoms with Gasteiger partial charge in [0.25, 0.3) is 0 Å². The largest absolute Gasteiger partial charge is 0.243 e. The fraction of sp³-hybridized carbons (Fsp3) is 0.125. The number of benzene rings is 2. The number of aryl methyl sites for hydroxylation is 1. The van der Waals surface area contributed by atoms with E-state index in [-0.39, 0.29) is 10.5 Å². The Morgan fingerprint density at radius 2 is 1.68 bits per heavy atom. The number of nitrogens with zero attached hydrogens (tertiary/aromatic N) is 2. The highest BCUT2D eigenvalue weighted by atomic mass is 32.2. The second-order valence-electron chi connectivity index (χ2n) is 4.70. The Hall–Kier alpha value is -2.67. The average Bonchev–Trinajstić information content (AvgIpc) is 2.53. The third kappa shape index (κ3) is 3.32. The Labute approximate surface area is 129 Å². The van der Waals surface area contributed by atoms with Crippen LogP contribution in [0.5, 0.6) is 0 Å². The fourth-order valence-corrected chi connectivity index (χ4v) is 3.23. The Morgan fingerprint density at radius 1 is 1.05 bits per heavy atom. The maximum Gasteiger partial charge on any atom is 0.243 e. The third-order valence-electron chi connectivity index (χ3n) is 3.11. The predicted molar refractivity (Wildman–Crippen MR) is 81.0 cm³/mol. The molecular formula is C16H13N3O2S. The lowest BCUT2D eigenvalue weighted by Gasteiger charge is -2.13. The molecule has 2 rings (SSSR count). The summed E-state index contributed by atoms with van der Waals surface area (Å²) in [7, 11) is -3.97. The van der Waals surface area contributed by atoms with Gasteiger partial charge in [-0.1, -0.05) is 42.0 Å². The molecule has 0 spiro atoms. The molecule has 0 radical (unpaired) electrons. The summed E-state index contributed by atoms with van der Waals surface area (Å²) >= 11 is 0. The summed E-state index contributed by atoms with van der Waals surface area (Å²) in [4.78, 5) is -0.134. The molecule has 1 atom stereocenters. The summed E-state index contributed by atoms with van der Waals surface area (Å²) in [6, 6.07) is 15.6. The van der Waals surface area contributed by atoms with E-state index in [0.717, 1.165) is 5.56 Å². The van der Waals surface area contributed by atoms with Crippen LogP contribution in [0.25, 0.3) is 0 Å². The van der Waals surface area contributed by atoms with E-state index in [2.05, 4.69) is 4.72 Å². The molecular weight excluding hydrogens is 298 g/mol. The zero-order valence-corrected chi connectivity index (χ0v) is 12.6. The molecule has 0 aromatic heterocycles. The number of sulfonamides is 1. The highest BCUT2D eigenvalue weighted by Crippen LogP contribution is 2.19. The molecule has 0 aliphatic carbocycles. The third-order valence-corrected chi connectivity index (χ3v) is 4.59. The van der Waals surface area contributed by atoms with Gasteiger partial charge in [-0.25, -0.2) is 8.42 Å². The van der Waals surface area contributed by atoms with Gasteiger partial charge in [0.2, 0.25) is 10.0 Å². The van der Waals surface area contributed by atoms with Crippen molar-refractivity contribution < 1.29 is 8.42 Å². The summed E-state index contributed by atoms with van der Waals surface area (Å²) in [5.41, 5.74) is 1.60. The first kappa shape index (κ1) is 15.7. The maximum absolute atomic E-state index is 12.4. The topological polar surface area (TPSA) is 93.8 Å². The van der Waals surface area contributed by atoms with Gasteiger partial charge in [-0.15, -0.1) is 0 Å². The lowest BCUT2D eigenvalue weighted by Crippen LogP contribution is -2.28. The average molecular weight is 311 g/mol. The molecule has 2 aromatic carbocycles. The minimum Gasteiger partial charge on any atom is -0.207 e. The van der Waals surface area contributed by atoms with Gasteiger partial charge in [-0.2, -0.15) is 15.2 Å². The Kier molecular flexibility index (Phi) is 4.57. The summed E-state index contributed by atoms with van der Waals surface area (Å²) < 4.78 is 27.1. The Balaban J connectivity index is 2.37. The molecule has 2 aromatic rings. The summed E-state index contributed by atoms with van der Waals surface area (Å²) in [5.74, 6) is 0. The van der Waals surface area contributed by atoms with Crippen molar-refractivity contribution in [3.63, 3.8) is 0 Å². The highest BCUT2D eigenvalue weighted by Gasteiger charge is 2.23. The van der Waals surface area contributed by atoms with Gasteiger partial charge in [0, 0.05) is 0 Å². The van der Waals surface area contributed by atoms with Crippen LogP contribution in [0, 0.1) is 29.6 Å². The van der Waals surface area contributed by atoms with Crippen LogP contribution in [-0.4, -0.2) is 8.42 Å². The Bertz CT molecular complexity index is 859. The first-order chi connectivity index (χ1) is 10.5. The van der Waals surface area contributed by atoms with Crippen LogP contribution in [0.3, 0.4) is 0 Å². The predicted octanol–water partition coefficient (Wildman–Crippen LogP) is 2.41. The SMILES string of the molecule is Cc1ccc(C(C#N)NS(=O)(=O)c2ccccc2C#N)cc1. The molecule has 1 N–H and O–H groups in total. The van der Waals surface area contributed by atoms with Crippen LogP contribution in [0.2, 0.25) is 0 Å². The van der Waals surface area contributed by atoms with Crippen molar-refractivity contribution in [1.82, 2.24) is 4.72 Å². The monoisotopic (exact) mass is 311 g/mol. The van der Waals surface area contributed by atoms with E-state index < -0.39 is 16.1 Å². The van der Waals surface area contributed by atoms with Gasteiger partial charge in [-0.05, 0) is 24.6 Å². The molecule has 0 fully saturated rings. The molecule has 6 heteroatoms. The van der Waals surface area contributed by atoms with Gasteiger partial charge in [-0.3, -0.25) is 0 Å². The quantitative estimate of drug-likeness (QED) is 0.938. The van der Waals surface area contributed by atoms with Gasteiger partial charge in [0.15, 0.2) is 0 Å². The van der Waals surface area contributed by atoms with E-state index in [9.17, 15) is 13.7 Å². The Morgan fingerprint density at radius 3 is 2.27 bits per heavy atom. The number of hydrogen-bond donors (Lipinski definition) is 1. The van der Waals surface area contributed by atoms with Crippen molar-refractivity contribution in [1.29, 1.82) is 10.5 Å². The van der Waals surface area contributed by atoms with Crippen LogP contribution in [-0.2, 0) is 10.0 Å². The highest BCUT2D eigenvalue weighted by molar-refractivity contribution is 7.89. The van der Waals surface area contributed by atoms with E-state index >= 15 is 0 Å². The van der Waals surface area contributed by atoms with E-state index in [1.807, 2.05) is 19.1 Å². The number of nitrogens with one attached hydrogen (secondary N) is 1. The molecule has 110 valence electrons. The second-order valence-corrected chi connectivity index (χ2v) is 6.38. The molecule has 1 unspecified atom stereocenters. The molecule has 0 saturated carbocycles. The summed E-state index contributed by atoms with van der Waals surface area (Å²) in [6.07, 6.45) is 0. The normalized spacial score (nSPS) is 12.1. The molecule has 0 aliphatic rings. The van der Waals surface area contributed by atoms with Crippen molar-refractivity contribution in [3.8, 4) is 12.1 Å². The minimum absolute atomic E-state index is 0.0376. The number of nitriles is 2. The summed E-state index contributed by atoms with van der Waals surface area (Å²) in [5, 5.41) is 18.3. The van der Waals surface area contributed by atoms with Crippen LogP contribution in [0.1, 0.15) is 22.7 Å². The van der Waals surface area contributed by atoms with Crippen LogP contribution < -0.4 is 4.72 Å². The molecule has 0 bridgehead atoms. The van der Waals surface area contributed by atoms with Crippen molar-refractivity contribution in [2.75, 3.05) is 0 Å². The molecule has 22 heavy (non-hydrogen) atoms.